The predicted molar refractivity (Wildman–Crippen MR) is 122 cm³/mol. The minimum Gasteiger partial charge on any atom is -0.373 e. The highest BCUT2D eigenvalue weighted by Crippen LogP contribution is 2.48. The minimum absolute atomic E-state index is 0.313. The van der Waals surface area contributed by atoms with Gasteiger partial charge in [0.1, 0.15) is 23.6 Å². The number of carbonyl (C=O) groups excluding carboxylic acids is 2. The topological polar surface area (TPSA) is 96.0 Å². The second-order valence-electron chi connectivity index (χ2n) is 8.01. The molecule has 1 aliphatic carbocycles. The maximum atomic E-state index is 15.2. The first kappa shape index (κ1) is 25.3. The van der Waals surface area contributed by atoms with Crippen molar-refractivity contribution in [2.75, 3.05) is 23.0 Å². The third-order valence-corrected chi connectivity index (χ3v) is 6.03. The third kappa shape index (κ3) is 4.81. The third-order valence-electron chi connectivity index (χ3n) is 5.70. The molecule has 0 spiro atoms. The van der Waals surface area contributed by atoms with Gasteiger partial charge in [-0.1, -0.05) is 11.6 Å². The number of amides is 2. The second kappa shape index (κ2) is 9.34. The summed E-state index contributed by atoms with van der Waals surface area (Å²) in [5, 5.41) is 6.55. The molecule has 7 nitrogen and oxygen atoms in total. The highest BCUT2D eigenvalue weighted by molar-refractivity contribution is 6.31. The monoisotopic (exact) mass is 525 g/mol. The fourth-order valence-electron chi connectivity index (χ4n) is 3.57. The average Bonchev–Trinajstić information content (AvgIpc) is 3.64. The summed E-state index contributed by atoms with van der Waals surface area (Å²) in [5.41, 5.74) is -3.84. The second-order valence-corrected chi connectivity index (χ2v) is 8.41. The van der Waals surface area contributed by atoms with Gasteiger partial charge in [0.15, 0.2) is 5.82 Å². The number of nitrogens with zero attached hydrogens (tertiary/aromatic N) is 2. The zero-order chi connectivity index (χ0) is 26.3. The molecule has 1 aliphatic rings. The van der Waals surface area contributed by atoms with Gasteiger partial charge in [-0.05, 0) is 43.2 Å². The lowest BCUT2D eigenvalue weighted by Crippen LogP contribution is -2.30. The van der Waals surface area contributed by atoms with Crippen LogP contribution in [-0.2, 0) is 16.4 Å². The van der Waals surface area contributed by atoms with Gasteiger partial charge in [0, 0.05) is 18.8 Å². The van der Waals surface area contributed by atoms with E-state index in [1.165, 1.54) is 6.33 Å². The van der Waals surface area contributed by atoms with Crippen LogP contribution in [0.4, 0.5) is 39.1 Å². The molecule has 1 saturated carbocycles. The van der Waals surface area contributed by atoms with E-state index in [1.807, 2.05) is 0 Å². The summed E-state index contributed by atoms with van der Waals surface area (Å²) < 4.78 is 68.9. The van der Waals surface area contributed by atoms with Crippen LogP contribution < -0.4 is 16.0 Å². The van der Waals surface area contributed by atoms with Crippen molar-refractivity contribution in [1.29, 1.82) is 0 Å². The Morgan fingerprint density at radius 1 is 1.03 bits per heavy atom. The van der Waals surface area contributed by atoms with E-state index in [4.69, 9.17) is 11.6 Å². The fraction of sp³-hybridized carbons (Fsp3) is 0.217. The van der Waals surface area contributed by atoms with Gasteiger partial charge in [-0.15, -0.1) is 0 Å². The molecule has 3 N–H and O–H groups in total. The van der Waals surface area contributed by atoms with Gasteiger partial charge in [-0.25, -0.2) is 18.7 Å². The molecule has 0 atom stereocenters. The summed E-state index contributed by atoms with van der Waals surface area (Å²) in [4.78, 5) is 33.7. The Bertz CT molecular complexity index is 1360. The molecule has 4 rings (SSSR count). The van der Waals surface area contributed by atoms with Crippen molar-refractivity contribution in [1.82, 2.24) is 9.97 Å². The smallest absolute Gasteiger partial charge is 0.373 e. The molecule has 2 amide bonds. The highest BCUT2D eigenvalue weighted by atomic mass is 35.5. The molecule has 13 heteroatoms. The van der Waals surface area contributed by atoms with Crippen LogP contribution >= 0.6 is 11.6 Å². The number of benzene rings is 2. The molecule has 1 aromatic heterocycles. The molecule has 1 heterocycles. The van der Waals surface area contributed by atoms with Gasteiger partial charge in [0.25, 0.3) is 5.91 Å². The molecule has 0 aliphatic heterocycles. The van der Waals surface area contributed by atoms with Crippen molar-refractivity contribution in [2.45, 2.75) is 24.4 Å². The van der Waals surface area contributed by atoms with Crippen molar-refractivity contribution in [3.63, 3.8) is 0 Å². The number of hydrogen-bond donors (Lipinski definition) is 3. The quantitative estimate of drug-likeness (QED) is 0.375. The first-order chi connectivity index (χ1) is 17.0. The van der Waals surface area contributed by atoms with E-state index in [1.54, 1.807) is 13.1 Å². The summed E-state index contributed by atoms with van der Waals surface area (Å²) in [7, 11) is 1.63. The predicted octanol–water partition coefficient (Wildman–Crippen LogP) is 5.39. The largest absolute Gasteiger partial charge is 0.417 e. The number of hydrogen-bond acceptors (Lipinski definition) is 5. The molecular formula is C23H17ClF5N5O2. The number of halogens is 6. The fourth-order valence-corrected chi connectivity index (χ4v) is 3.80. The molecule has 0 bridgehead atoms. The van der Waals surface area contributed by atoms with Crippen molar-refractivity contribution < 1.29 is 31.5 Å². The summed E-state index contributed by atoms with van der Waals surface area (Å²) in [5.74, 6) is -3.97. The van der Waals surface area contributed by atoms with Crippen molar-refractivity contribution in [3.05, 3.63) is 76.2 Å². The van der Waals surface area contributed by atoms with Gasteiger partial charge in [0.05, 0.1) is 27.3 Å². The van der Waals surface area contributed by atoms with Crippen molar-refractivity contribution >= 4 is 40.6 Å². The zero-order valence-corrected chi connectivity index (χ0v) is 19.2. The SMILES string of the molecule is CNc1cc(C2(C(=O)Nc3c(F)ccc(C(=O)Nc4ccc(Cl)c(C(F)(F)F)c4)c3F)CC2)ncn1. The van der Waals surface area contributed by atoms with E-state index in [9.17, 15) is 27.2 Å². The minimum atomic E-state index is -4.78. The number of nitrogens with one attached hydrogen (secondary N) is 3. The van der Waals surface area contributed by atoms with Crippen LogP contribution in [0.3, 0.4) is 0 Å². The summed E-state index contributed by atoms with van der Waals surface area (Å²) in [6.45, 7) is 0. The van der Waals surface area contributed by atoms with E-state index in [2.05, 4.69) is 25.9 Å². The maximum absolute atomic E-state index is 15.2. The molecule has 1 fully saturated rings. The molecule has 3 aromatic rings. The van der Waals surface area contributed by atoms with E-state index in [-0.39, 0.29) is 5.69 Å². The maximum Gasteiger partial charge on any atom is 0.417 e. The van der Waals surface area contributed by atoms with Gasteiger partial charge in [-0.3, -0.25) is 9.59 Å². The zero-order valence-electron chi connectivity index (χ0n) is 18.4. The lowest BCUT2D eigenvalue weighted by Gasteiger charge is -2.17. The van der Waals surface area contributed by atoms with Crippen LogP contribution in [0, 0.1) is 11.6 Å². The van der Waals surface area contributed by atoms with E-state index >= 15 is 4.39 Å². The lowest BCUT2D eigenvalue weighted by molar-refractivity contribution is -0.137. The van der Waals surface area contributed by atoms with Crippen LogP contribution in [0.2, 0.25) is 5.02 Å². The summed E-state index contributed by atoms with van der Waals surface area (Å²) >= 11 is 5.56. The van der Waals surface area contributed by atoms with Gasteiger partial charge in [-0.2, -0.15) is 13.2 Å². The van der Waals surface area contributed by atoms with E-state index in [0.717, 1.165) is 24.3 Å². The molecule has 0 unspecified atom stereocenters. The number of carbonyl (C=O) groups is 2. The first-order valence-corrected chi connectivity index (χ1v) is 10.8. The summed E-state index contributed by atoms with van der Waals surface area (Å²) in [6.07, 6.45) is -2.78. The average molecular weight is 526 g/mol. The highest BCUT2D eigenvalue weighted by Gasteiger charge is 2.53. The first-order valence-electron chi connectivity index (χ1n) is 10.4. The Hall–Kier alpha value is -3.80. The van der Waals surface area contributed by atoms with E-state index < -0.39 is 56.9 Å². The number of anilines is 3. The Balaban J connectivity index is 1.59. The normalized spacial score (nSPS) is 14.2. The number of rotatable bonds is 6. The Kier molecular flexibility index (Phi) is 6.56. The van der Waals surface area contributed by atoms with Crippen LogP contribution in [-0.4, -0.2) is 28.8 Å². The van der Waals surface area contributed by atoms with Crippen LogP contribution in [0.1, 0.15) is 34.5 Å². The molecule has 36 heavy (non-hydrogen) atoms. The van der Waals surface area contributed by atoms with E-state index in [0.29, 0.717) is 30.4 Å². The number of aromatic nitrogens is 2. The molecule has 0 saturated heterocycles. The van der Waals surface area contributed by atoms with Crippen molar-refractivity contribution in [2.24, 2.45) is 0 Å². The van der Waals surface area contributed by atoms with Gasteiger partial charge in [0.2, 0.25) is 5.91 Å². The van der Waals surface area contributed by atoms with Gasteiger partial charge < -0.3 is 16.0 Å². The van der Waals surface area contributed by atoms with Crippen LogP contribution in [0.5, 0.6) is 0 Å². The lowest BCUT2D eigenvalue weighted by atomic mass is 10.0. The molecule has 0 radical (unpaired) electrons. The molecular weight excluding hydrogens is 509 g/mol. The Morgan fingerprint density at radius 2 is 1.75 bits per heavy atom. The van der Waals surface area contributed by atoms with Crippen molar-refractivity contribution in [3.8, 4) is 0 Å². The Labute approximate surface area is 206 Å². The Morgan fingerprint density at radius 3 is 2.39 bits per heavy atom. The standard InChI is InChI=1S/C23H17ClF5N5O2/c1-30-17-9-16(31-10-32-17)22(6-7-22)21(36)34-19-15(25)5-3-12(18(19)26)20(35)33-11-2-4-14(24)13(8-11)23(27,28)29/h2-5,8-10H,6-7H2,1H3,(H,33,35)(H,34,36)(H,30,31,32). The number of alkyl halides is 3. The van der Waals surface area contributed by atoms with Crippen LogP contribution in [0.15, 0.2) is 42.7 Å². The van der Waals surface area contributed by atoms with Crippen LogP contribution in [0.25, 0.3) is 0 Å². The van der Waals surface area contributed by atoms with Gasteiger partial charge >= 0.3 is 6.18 Å². The molecule has 2 aromatic carbocycles. The summed E-state index contributed by atoms with van der Waals surface area (Å²) in [6, 6.07) is 5.73. The molecule has 188 valence electrons.